The molecule has 1 aromatic carbocycles. The predicted octanol–water partition coefficient (Wildman–Crippen LogP) is 3.12. The van der Waals surface area contributed by atoms with Crippen LogP contribution >= 0.6 is 11.6 Å². The zero-order valence-corrected chi connectivity index (χ0v) is 9.43. The molecule has 0 spiro atoms. The van der Waals surface area contributed by atoms with Gasteiger partial charge in [-0.1, -0.05) is 11.6 Å². The highest BCUT2D eigenvalue weighted by molar-refractivity contribution is 6.31. The van der Waals surface area contributed by atoms with E-state index in [0.29, 0.717) is 0 Å². The molecule has 0 aromatic heterocycles. The Balaban J connectivity index is 2.05. The molecule has 2 nitrogen and oxygen atoms in total. The molecule has 1 N–H and O–H groups in total. The van der Waals surface area contributed by atoms with E-state index in [-0.39, 0.29) is 0 Å². The topological polar surface area (TPSA) is 15.3 Å². The minimum Gasteiger partial charge on any atom is -0.383 e. The summed E-state index contributed by atoms with van der Waals surface area (Å²) < 4.78 is 0. The minimum atomic E-state index is 0.736. The van der Waals surface area contributed by atoms with Crippen molar-refractivity contribution in [3.05, 3.63) is 23.2 Å². The van der Waals surface area contributed by atoms with Gasteiger partial charge >= 0.3 is 0 Å². The van der Waals surface area contributed by atoms with Crippen molar-refractivity contribution in [2.75, 3.05) is 23.3 Å². The predicted molar refractivity (Wildman–Crippen MR) is 64.9 cm³/mol. The van der Waals surface area contributed by atoms with Gasteiger partial charge in [0.1, 0.15) is 0 Å². The van der Waals surface area contributed by atoms with E-state index >= 15 is 0 Å². The Kier molecular flexibility index (Phi) is 2.24. The van der Waals surface area contributed by atoms with Crippen molar-refractivity contribution in [2.45, 2.75) is 25.3 Å². The van der Waals surface area contributed by atoms with Crippen molar-refractivity contribution in [2.24, 2.45) is 0 Å². The third-order valence-electron chi connectivity index (χ3n) is 3.44. The lowest BCUT2D eigenvalue weighted by molar-refractivity contribution is 0.638. The smallest absolute Gasteiger partial charge is 0.0605 e. The van der Waals surface area contributed by atoms with Gasteiger partial charge in [-0.15, -0.1) is 0 Å². The third-order valence-corrected chi connectivity index (χ3v) is 3.67. The van der Waals surface area contributed by atoms with Crippen molar-refractivity contribution >= 4 is 23.0 Å². The Labute approximate surface area is 95.2 Å². The average molecular weight is 223 g/mol. The average Bonchev–Trinajstić information content (AvgIpc) is 2.61. The molecule has 80 valence electrons. The maximum atomic E-state index is 6.01. The molecule has 3 rings (SSSR count). The number of nitrogens with one attached hydrogen (secondary N) is 1. The number of rotatable bonds is 0. The monoisotopic (exact) mass is 222 g/mol. The zero-order chi connectivity index (χ0) is 10.3. The van der Waals surface area contributed by atoms with Crippen LogP contribution in [0, 0.1) is 0 Å². The van der Waals surface area contributed by atoms with Crippen LogP contribution in [0.3, 0.4) is 0 Å². The van der Waals surface area contributed by atoms with Crippen LogP contribution in [0.25, 0.3) is 0 Å². The second-order valence-electron chi connectivity index (χ2n) is 4.37. The first kappa shape index (κ1) is 9.34. The Bertz CT molecular complexity index is 378. The van der Waals surface area contributed by atoms with Crippen LogP contribution in [0.15, 0.2) is 18.2 Å². The lowest BCUT2D eigenvalue weighted by Gasteiger charge is -2.25. The Morgan fingerprint density at radius 3 is 3.20 bits per heavy atom. The summed E-state index contributed by atoms with van der Waals surface area (Å²) in [6.45, 7) is 2.26. The van der Waals surface area contributed by atoms with E-state index in [0.717, 1.165) is 17.6 Å². The lowest BCUT2D eigenvalue weighted by atomic mass is 10.1. The van der Waals surface area contributed by atoms with Gasteiger partial charge in [0.05, 0.1) is 11.4 Å². The van der Waals surface area contributed by atoms with Crippen LogP contribution in [0.5, 0.6) is 0 Å². The van der Waals surface area contributed by atoms with E-state index in [2.05, 4.69) is 16.3 Å². The number of nitrogens with zero attached hydrogens (tertiary/aromatic N) is 1. The first-order valence-corrected chi connectivity index (χ1v) is 6.02. The molecule has 0 amide bonds. The van der Waals surface area contributed by atoms with Crippen molar-refractivity contribution in [1.82, 2.24) is 0 Å². The summed E-state index contributed by atoms with van der Waals surface area (Å²) in [5.74, 6) is 0. The summed E-state index contributed by atoms with van der Waals surface area (Å²) in [7, 11) is 0. The standard InChI is InChI=1S/C12H15ClN2/c13-9-3-4-12-11(8-9)14-6-5-10-2-1-7-15(10)12/h3-4,8,10,14H,1-2,5-7H2. The van der Waals surface area contributed by atoms with Gasteiger partial charge in [0, 0.05) is 24.2 Å². The summed E-state index contributed by atoms with van der Waals surface area (Å²) in [6, 6.07) is 6.91. The molecule has 1 aromatic rings. The zero-order valence-electron chi connectivity index (χ0n) is 8.67. The number of anilines is 2. The van der Waals surface area contributed by atoms with Crippen molar-refractivity contribution < 1.29 is 0 Å². The molecule has 15 heavy (non-hydrogen) atoms. The van der Waals surface area contributed by atoms with Gasteiger partial charge in [0.15, 0.2) is 0 Å². The van der Waals surface area contributed by atoms with E-state index in [4.69, 9.17) is 11.6 Å². The molecule has 2 aliphatic heterocycles. The van der Waals surface area contributed by atoms with Crippen LogP contribution in [0.2, 0.25) is 5.02 Å². The van der Waals surface area contributed by atoms with Crippen molar-refractivity contribution in [3.63, 3.8) is 0 Å². The normalized spacial score (nSPS) is 24.1. The minimum absolute atomic E-state index is 0.736. The quantitative estimate of drug-likeness (QED) is 0.726. The number of hydrogen-bond acceptors (Lipinski definition) is 2. The second kappa shape index (κ2) is 3.60. The van der Waals surface area contributed by atoms with Crippen LogP contribution in [-0.2, 0) is 0 Å². The van der Waals surface area contributed by atoms with Crippen LogP contribution < -0.4 is 10.2 Å². The highest BCUT2D eigenvalue weighted by Gasteiger charge is 2.28. The van der Waals surface area contributed by atoms with Gasteiger partial charge in [0.25, 0.3) is 0 Å². The van der Waals surface area contributed by atoms with Gasteiger partial charge in [0.2, 0.25) is 0 Å². The van der Waals surface area contributed by atoms with Gasteiger partial charge in [-0.3, -0.25) is 0 Å². The van der Waals surface area contributed by atoms with E-state index in [9.17, 15) is 0 Å². The molecular formula is C12H15ClN2. The maximum absolute atomic E-state index is 6.01. The fraction of sp³-hybridized carbons (Fsp3) is 0.500. The van der Waals surface area contributed by atoms with Crippen LogP contribution in [-0.4, -0.2) is 19.1 Å². The Morgan fingerprint density at radius 2 is 2.27 bits per heavy atom. The summed E-state index contributed by atoms with van der Waals surface area (Å²) in [6.07, 6.45) is 3.91. The molecule has 1 saturated heterocycles. The molecule has 1 fully saturated rings. The maximum Gasteiger partial charge on any atom is 0.0605 e. The van der Waals surface area contributed by atoms with Crippen LogP contribution in [0.1, 0.15) is 19.3 Å². The van der Waals surface area contributed by atoms with E-state index in [1.807, 2.05) is 12.1 Å². The highest BCUT2D eigenvalue weighted by atomic mass is 35.5. The first-order valence-electron chi connectivity index (χ1n) is 5.65. The molecule has 2 heterocycles. The molecule has 3 heteroatoms. The van der Waals surface area contributed by atoms with Crippen LogP contribution in [0.4, 0.5) is 11.4 Å². The molecule has 0 saturated carbocycles. The Hall–Kier alpha value is -0.890. The van der Waals surface area contributed by atoms with Gasteiger partial charge in [-0.05, 0) is 37.5 Å². The second-order valence-corrected chi connectivity index (χ2v) is 4.80. The van der Waals surface area contributed by atoms with Gasteiger partial charge < -0.3 is 10.2 Å². The summed E-state index contributed by atoms with van der Waals surface area (Å²) >= 11 is 6.01. The van der Waals surface area contributed by atoms with Gasteiger partial charge in [-0.2, -0.15) is 0 Å². The fourth-order valence-corrected chi connectivity index (χ4v) is 2.90. The summed E-state index contributed by atoms with van der Waals surface area (Å²) in [5.41, 5.74) is 2.53. The Morgan fingerprint density at radius 1 is 1.33 bits per heavy atom. The highest BCUT2D eigenvalue weighted by Crippen LogP contribution is 2.36. The van der Waals surface area contributed by atoms with Crippen molar-refractivity contribution in [3.8, 4) is 0 Å². The summed E-state index contributed by atoms with van der Waals surface area (Å²) in [5, 5.41) is 4.29. The lowest BCUT2D eigenvalue weighted by Crippen LogP contribution is -2.28. The summed E-state index contributed by atoms with van der Waals surface area (Å²) in [4.78, 5) is 2.53. The largest absolute Gasteiger partial charge is 0.383 e. The van der Waals surface area contributed by atoms with Gasteiger partial charge in [-0.25, -0.2) is 0 Å². The first-order chi connectivity index (χ1) is 7.34. The molecule has 2 aliphatic rings. The third kappa shape index (κ3) is 1.57. The number of halogens is 1. The molecule has 0 bridgehead atoms. The van der Waals surface area contributed by atoms with E-state index in [1.54, 1.807) is 0 Å². The number of hydrogen-bond donors (Lipinski definition) is 1. The molecule has 0 aliphatic carbocycles. The molecule has 1 unspecified atom stereocenters. The van der Waals surface area contributed by atoms with E-state index < -0.39 is 0 Å². The fourth-order valence-electron chi connectivity index (χ4n) is 2.73. The van der Waals surface area contributed by atoms with Crippen molar-refractivity contribution in [1.29, 1.82) is 0 Å². The SMILES string of the molecule is Clc1ccc2c(c1)NCCC1CCCN21. The molecule has 1 atom stereocenters. The molecule has 0 radical (unpaired) electrons. The number of fused-ring (bicyclic) bond motifs is 3. The molecular weight excluding hydrogens is 208 g/mol. The van der Waals surface area contributed by atoms with E-state index in [1.165, 1.54) is 37.2 Å². The number of benzene rings is 1.